The largest absolute Gasteiger partial charge is 0.432 e. The molecule has 0 radical (unpaired) electrons. The van der Waals surface area contributed by atoms with Crippen molar-refractivity contribution in [2.75, 3.05) is 0 Å². The number of carbonyl (C=O) groups excluding carboxylic acids is 1. The third-order valence-electron chi connectivity index (χ3n) is 3.57. The molecule has 0 amide bonds. The molecule has 1 aliphatic carbocycles. The van der Waals surface area contributed by atoms with Crippen LogP contribution >= 0.6 is 0 Å². The van der Waals surface area contributed by atoms with Gasteiger partial charge in [-0.25, -0.2) is 0 Å². The fraction of sp³-hybridized carbons (Fsp3) is 0.750. The van der Waals surface area contributed by atoms with Crippen molar-refractivity contribution in [2.24, 2.45) is 11.3 Å². The van der Waals surface area contributed by atoms with Gasteiger partial charge in [-0.2, -0.15) is 0 Å². The minimum atomic E-state index is -1.40. The third kappa shape index (κ3) is 1.93. The maximum atomic E-state index is 11.0. The molecule has 3 nitrogen and oxygen atoms in total. The van der Waals surface area contributed by atoms with Crippen LogP contribution in [0.15, 0.2) is 12.7 Å². The Hall–Kier alpha value is -0.830. The van der Waals surface area contributed by atoms with Gasteiger partial charge in [0, 0.05) is 12.8 Å². The molecule has 3 atom stereocenters. The minimum absolute atomic E-state index is 0.0573. The van der Waals surface area contributed by atoms with Gasteiger partial charge in [-0.1, -0.05) is 19.4 Å². The van der Waals surface area contributed by atoms with E-state index in [2.05, 4.69) is 6.58 Å². The van der Waals surface area contributed by atoms with Crippen molar-refractivity contribution in [3.05, 3.63) is 12.7 Å². The van der Waals surface area contributed by atoms with Crippen LogP contribution in [0.5, 0.6) is 0 Å². The second-order valence-electron chi connectivity index (χ2n) is 4.70. The van der Waals surface area contributed by atoms with E-state index in [0.717, 1.165) is 19.3 Å². The van der Waals surface area contributed by atoms with Crippen molar-refractivity contribution < 1.29 is 14.6 Å². The molecule has 3 unspecified atom stereocenters. The SMILES string of the molecule is C=CC1(C)CCCC(C)C1(O)OC(C)=O. The lowest BCUT2D eigenvalue weighted by molar-refractivity contribution is -0.281. The predicted octanol–water partition coefficient (Wildman–Crippen LogP) is 2.25. The van der Waals surface area contributed by atoms with Gasteiger partial charge in [-0.3, -0.25) is 4.79 Å². The molecule has 1 N–H and O–H groups in total. The molecule has 0 aliphatic heterocycles. The summed E-state index contributed by atoms with van der Waals surface area (Å²) in [6.45, 7) is 8.86. The van der Waals surface area contributed by atoms with E-state index in [1.165, 1.54) is 6.92 Å². The van der Waals surface area contributed by atoms with Gasteiger partial charge in [-0.05, 0) is 19.8 Å². The van der Waals surface area contributed by atoms with Gasteiger partial charge >= 0.3 is 5.97 Å². The van der Waals surface area contributed by atoms with Gasteiger partial charge in [0.1, 0.15) is 0 Å². The number of hydrogen-bond acceptors (Lipinski definition) is 3. The molecule has 0 bridgehead atoms. The Balaban J connectivity index is 3.04. The molecule has 0 aromatic rings. The van der Waals surface area contributed by atoms with E-state index in [-0.39, 0.29) is 5.92 Å². The van der Waals surface area contributed by atoms with Crippen molar-refractivity contribution in [2.45, 2.75) is 45.8 Å². The summed E-state index contributed by atoms with van der Waals surface area (Å²) in [5.41, 5.74) is -0.545. The quantitative estimate of drug-likeness (QED) is 0.434. The highest BCUT2D eigenvalue weighted by molar-refractivity contribution is 5.66. The molecule has 0 heterocycles. The Kier molecular flexibility index (Phi) is 3.24. The van der Waals surface area contributed by atoms with Crippen LogP contribution in [0.1, 0.15) is 40.0 Å². The number of carbonyl (C=O) groups is 1. The molecule has 3 heteroatoms. The van der Waals surface area contributed by atoms with E-state index >= 15 is 0 Å². The van der Waals surface area contributed by atoms with Crippen LogP contribution in [0.2, 0.25) is 0 Å². The summed E-state index contributed by atoms with van der Waals surface area (Å²) in [6.07, 6.45) is 4.39. The molecule has 1 rings (SSSR count). The minimum Gasteiger partial charge on any atom is -0.432 e. The van der Waals surface area contributed by atoms with E-state index in [9.17, 15) is 9.90 Å². The van der Waals surface area contributed by atoms with Crippen molar-refractivity contribution in [1.82, 2.24) is 0 Å². The fourth-order valence-corrected chi connectivity index (χ4v) is 2.40. The van der Waals surface area contributed by atoms with Gasteiger partial charge in [0.05, 0.1) is 5.41 Å². The van der Waals surface area contributed by atoms with Crippen molar-refractivity contribution in [1.29, 1.82) is 0 Å². The van der Waals surface area contributed by atoms with Crippen molar-refractivity contribution in [3.8, 4) is 0 Å². The topological polar surface area (TPSA) is 46.5 Å². The highest BCUT2D eigenvalue weighted by Gasteiger charge is 2.53. The summed E-state index contributed by atoms with van der Waals surface area (Å²) in [4.78, 5) is 11.0. The van der Waals surface area contributed by atoms with E-state index in [4.69, 9.17) is 4.74 Å². The fourth-order valence-electron chi connectivity index (χ4n) is 2.40. The first-order chi connectivity index (χ1) is 6.85. The molecule has 0 saturated heterocycles. The summed E-state index contributed by atoms with van der Waals surface area (Å²) < 4.78 is 5.14. The summed E-state index contributed by atoms with van der Waals surface area (Å²) >= 11 is 0. The summed E-state index contributed by atoms with van der Waals surface area (Å²) in [6, 6.07) is 0. The molecule has 1 saturated carbocycles. The number of rotatable bonds is 2. The molecular weight excluding hydrogens is 192 g/mol. The Bertz CT molecular complexity index is 274. The van der Waals surface area contributed by atoms with E-state index < -0.39 is 17.2 Å². The highest BCUT2D eigenvalue weighted by atomic mass is 16.7. The molecular formula is C12H20O3. The molecule has 0 aromatic carbocycles. The van der Waals surface area contributed by atoms with Gasteiger partial charge in [-0.15, -0.1) is 6.58 Å². The van der Waals surface area contributed by atoms with Crippen LogP contribution in [-0.4, -0.2) is 16.9 Å². The second-order valence-corrected chi connectivity index (χ2v) is 4.70. The first-order valence-electron chi connectivity index (χ1n) is 5.41. The maximum absolute atomic E-state index is 11.0. The van der Waals surface area contributed by atoms with Crippen molar-refractivity contribution in [3.63, 3.8) is 0 Å². The van der Waals surface area contributed by atoms with Crippen LogP contribution < -0.4 is 0 Å². The standard InChI is InChI=1S/C12H20O3/c1-5-11(4)8-6-7-9(2)12(11,14)15-10(3)13/h5,9,14H,1,6-8H2,2-4H3. The number of esters is 1. The Morgan fingerprint density at radius 1 is 1.67 bits per heavy atom. The molecule has 86 valence electrons. The maximum Gasteiger partial charge on any atom is 0.305 e. The lowest BCUT2D eigenvalue weighted by Crippen LogP contribution is -2.55. The average Bonchev–Trinajstić information content (AvgIpc) is 2.14. The molecule has 1 aliphatic rings. The zero-order valence-corrected chi connectivity index (χ0v) is 9.75. The lowest BCUT2D eigenvalue weighted by Gasteiger charge is -2.49. The first kappa shape index (κ1) is 12.2. The number of aliphatic hydroxyl groups is 1. The monoisotopic (exact) mass is 212 g/mol. The number of hydrogen-bond donors (Lipinski definition) is 1. The Labute approximate surface area is 91.1 Å². The van der Waals surface area contributed by atoms with Gasteiger partial charge in [0.25, 0.3) is 0 Å². The molecule has 15 heavy (non-hydrogen) atoms. The Morgan fingerprint density at radius 2 is 2.27 bits per heavy atom. The zero-order valence-electron chi connectivity index (χ0n) is 9.75. The normalized spacial score (nSPS) is 40.9. The average molecular weight is 212 g/mol. The van der Waals surface area contributed by atoms with Crippen LogP contribution in [0.4, 0.5) is 0 Å². The highest BCUT2D eigenvalue weighted by Crippen LogP contribution is 2.48. The van der Waals surface area contributed by atoms with Crippen LogP contribution in [0, 0.1) is 11.3 Å². The van der Waals surface area contributed by atoms with E-state index in [0.29, 0.717) is 0 Å². The third-order valence-corrected chi connectivity index (χ3v) is 3.57. The number of ether oxygens (including phenoxy) is 1. The van der Waals surface area contributed by atoms with Crippen LogP contribution in [-0.2, 0) is 9.53 Å². The molecule has 0 spiro atoms. The van der Waals surface area contributed by atoms with Crippen LogP contribution in [0.25, 0.3) is 0 Å². The van der Waals surface area contributed by atoms with E-state index in [1.807, 2.05) is 13.8 Å². The summed E-state index contributed by atoms with van der Waals surface area (Å²) in [7, 11) is 0. The first-order valence-corrected chi connectivity index (χ1v) is 5.41. The smallest absolute Gasteiger partial charge is 0.305 e. The van der Waals surface area contributed by atoms with Gasteiger partial charge in [0.2, 0.25) is 5.79 Å². The molecule has 1 fully saturated rings. The Morgan fingerprint density at radius 3 is 2.73 bits per heavy atom. The summed E-state index contributed by atoms with van der Waals surface area (Å²) in [5, 5.41) is 10.5. The van der Waals surface area contributed by atoms with Gasteiger partial charge in [0.15, 0.2) is 0 Å². The van der Waals surface area contributed by atoms with Crippen LogP contribution in [0.3, 0.4) is 0 Å². The summed E-state index contributed by atoms with van der Waals surface area (Å²) in [5.74, 6) is -1.91. The predicted molar refractivity (Wildman–Crippen MR) is 58.0 cm³/mol. The second kappa shape index (κ2) is 3.97. The molecule has 0 aromatic heterocycles. The van der Waals surface area contributed by atoms with E-state index in [1.54, 1.807) is 6.08 Å². The van der Waals surface area contributed by atoms with Crippen molar-refractivity contribution >= 4 is 5.97 Å². The zero-order chi connectivity index (χ0) is 11.7. The van der Waals surface area contributed by atoms with Gasteiger partial charge < -0.3 is 9.84 Å². The lowest BCUT2D eigenvalue weighted by atomic mass is 9.66.